The number of nitro groups is 2. The van der Waals surface area contributed by atoms with Crippen molar-refractivity contribution in [2.24, 2.45) is 0 Å². The molecule has 27 heavy (non-hydrogen) atoms. The molecule has 0 bridgehead atoms. The molecule has 0 spiro atoms. The highest BCUT2D eigenvalue weighted by Crippen LogP contribution is 2.41. The predicted molar refractivity (Wildman–Crippen MR) is 94.3 cm³/mol. The molecule has 0 aliphatic heterocycles. The number of aromatic nitrogens is 1. The van der Waals surface area contributed by atoms with E-state index in [1.165, 1.54) is 30.5 Å². The van der Waals surface area contributed by atoms with Crippen molar-refractivity contribution in [2.45, 2.75) is 4.90 Å². The Balaban J connectivity index is 2.26. The van der Waals surface area contributed by atoms with E-state index in [2.05, 4.69) is 4.98 Å². The van der Waals surface area contributed by atoms with E-state index in [4.69, 9.17) is 15.8 Å². The molecular weight excluding hydrogens is 402 g/mol. The summed E-state index contributed by atoms with van der Waals surface area (Å²) in [7, 11) is -4.48. The fourth-order valence-electron chi connectivity index (χ4n) is 2.31. The van der Waals surface area contributed by atoms with Crippen molar-refractivity contribution in [3.8, 4) is 5.75 Å². The molecule has 0 amide bonds. The quantitative estimate of drug-likeness (QED) is 0.354. The summed E-state index contributed by atoms with van der Waals surface area (Å²) in [5.41, 5.74) is -1.82. The van der Waals surface area contributed by atoms with E-state index in [0.717, 1.165) is 12.1 Å². The number of nitro benzene ring substituents is 2. The van der Waals surface area contributed by atoms with Crippen LogP contribution in [0.25, 0.3) is 10.9 Å². The summed E-state index contributed by atoms with van der Waals surface area (Å²) < 4.78 is 30.0. The fourth-order valence-corrected chi connectivity index (χ4v) is 3.39. The van der Waals surface area contributed by atoms with Gasteiger partial charge in [-0.2, -0.15) is 8.42 Å². The molecule has 12 heteroatoms. The Bertz CT molecular complexity index is 1180. The molecule has 3 rings (SSSR count). The number of hydrogen-bond acceptors (Lipinski definition) is 8. The maximum Gasteiger partial charge on any atom is 0.339 e. The molecule has 0 saturated heterocycles. The monoisotopic (exact) mass is 409 g/mol. The number of pyridine rings is 1. The smallest absolute Gasteiger partial charge is 0.339 e. The second-order valence-corrected chi connectivity index (χ2v) is 7.13. The summed E-state index contributed by atoms with van der Waals surface area (Å²) in [6.45, 7) is 0. The Hall–Kier alpha value is -3.31. The number of hydrogen-bond donors (Lipinski definition) is 0. The third-order valence-corrected chi connectivity index (χ3v) is 4.98. The van der Waals surface area contributed by atoms with Crippen LogP contribution >= 0.6 is 11.6 Å². The van der Waals surface area contributed by atoms with E-state index >= 15 is 0 Å². The normalized spacial score (nSPS) is 11.3. The lowest BCUT2D eigenvalue weighted by atomic mass is 10.1. The van der Waals surface area contributed by atoms with Gasteiger partial charge in [-0.25, -0.2) is 0 Å². The van der Waals surface area contributed by atoms with Crippen molar-refractivity contribution < 1.29 is 22.4 Å². The van der Waals surface area contributed by atoms with Crippen LogP contribution < -0.4 is 4.18 Å². The van der Waals surface area contributed by atoms with E-state index in [1.54, 1.807) is 0 Å². The molecule has 0 fully saturated rings. The Morgan fingerprint density at radius 1 is 1.00 bits per heavy atom. The minimum Gasteiger partial charge on any atom is -0.369 e. The van der Waals surface area contributed by atoms with Crippen LogP contribution in [0.3, 0.4) is 0 Å². The van der Waals surface area contributed by atoms with Gasteiger partial charge in [-0.05, 0) is 36.4 Å². The highest BCUT2D eigenvalue weighted by molar-refractivity contribution is 7.87. The molecule has 10 nitrogen and oxygen atoms in total. The summed E-state index contributed by atoms with van der Waals surface area (Å²) in [5, 5.41) is 22.8. The highest BCUT2D eigenvalue weighted by Gasteiger charge is 2.31. The number of benzene rings is 2. The van der Waals surface area contributed by atoms with Gasteiger partial charge in [-0.3, -0.25) is 25.2 Å². The van der Waals surface area contributed by atoms with Crippen LogP contribution in [-0.4, -0.2) is 23.2 Å². The second kappa shape index (κ2) is 6.78. The third kappa shape index (κ3) is 3.50. The van der Waals surface area contributed by atoms with E-state index in [-0.39, 0.29) is 20.8 Å². The lowest BCUT2D eigenvalue weighted by molar-refractivity contribution is -0.393. The lowest BCUT2D eigenvalue weighted by Crippen LogP contribution is -2.12. The van der Waals surface area contributed by atoms with Crippen LogP contribution in [0, 0.1) is 20.2 Å². The molecule has 0 N–H and O–H groups in total. The first-order chi connectivity index (χ1) is 12.7. The average Bonchev–Trinajstić information content (AvgIpc) is 2.61. The van der Waals surface area contributed by atoms with Gasteiger partial charge in [0.1, 0.15) is 10.4 Å². The molecule has 138 valence electrons. The molecule has 0 unspecified atom stereocenters. The first-order valence-corrected chi connectivity index (χ1v) is 8.90. The van der Waals surface area contributed by atoms with Crippen molar-refractivity contribution >= 4 is 44.0 Å². The van der Waals surface area contributed by atoms with Crippen molar-refractivity contribution in [3.63, 3.8) is 0 Å². The van der Waals surface area contributed by atoms with Crippen LogP contribution in [0.5, 0.6) is 5.75 Å². The van der Waals surface area contributed by atoms with E-state index in [9.17, 15) is 28.6 Å². The molecule has 0 atom stereocenters. The first kappa shape index (κ1) is 18.5. The number of halogens is 1. The Morgan fingerprint density at radius 3 is 2.22 bits per heavy atom. The summed E-state index contributed by atoms with van der Waals surface area (Å²) >= 11 is 5.72. The molecule has 0 radical (unpaired) electrons. The lowest BCUT2D eigenvalue weighted by Gasteiger charge is -2.10. The van der Waals surface area contributed by atoms with E-state index < -0.39 is 37.1 Å². The minimum atomic E-state index is -4.48. The largest absolute Gasteiger partial charge is 0.369 e. The topological polar surface area (TPSA) is 143 Å². The van der Waals surface area contributed by atoms with Gasteiger partial charge in [0.2, 0.25) is 5.75 Å². The molecule has 3 aromatic rings. The molecule has 0 saturated carbocycles. The van der Waals surface area contributed by atoms with Gasteiger partial charge in [0.05, 0.1) is 21.3 Å². The summed E-state index contributed by atoms with van der Waals surface area (Å²) in [5.74, 6) is -0.712. The average molecular weight is 410 g/mol. The predicted octanol–water partition coefficient (Wildman–Crippen LogP) is 3.47. The minimum absolute atomic E-state index is 0.102. The van der Waals surface area contributed by atoms with Gasteiger partial charge in [0, 0.05) is 11.2 Å². The molecule has 2 aromatic carbocycles. The van der Waals surface area contributed by atoms with Crippen molar-refractivity contribution in [1.82, 2.24) is 4.98 Å². The zero-order valence-corrected chi connectivity index (χ0v) is 14.7. The first-order valence-electron chi connectivity index (χ1n) is 7.11. The van der Waals surface area contributed by atoms with Crippen LogP contribution in [0.4, 0.5) is 11.4 Å². The Kier molecular flexibility index (Phi) is 4.64. The fraction of sp³-hybridized carbons (Fsp3) is 0. The number of fused-ring (bicyclic) bond motifs is 1. The molecule has 0 aliphatic rings. The van der Waals surface area contributed by atoms with E-state index in [1.807, 2.05) is 0 Å². The zero-order valence-electron chi connectivity index (χ0n) is 13.1. The van der Waals surface area contributed by atoms with Gasteiger partial charge in [-0.15, -0.1) is 0 Å². The molecule has 1 heterocycles. The highest BCUT2D eigenvalue weighted by atomic mass is 35.5. The molecular formula is C15H8ClN3O7S. The van der Waals surface area contributed by atoms with Crippen LogP contribution in [0.15, 0.2) is 53.6 Å². The van der Waals surface area contributed by atoms with Gasteiger partial charge in [-0.1, -0.05) is 11.6 Å². The maximum absolute atomic E-state index is 12.5. The van der Waals surface area contributed by atoms with Crippen molar-refractivity contribution in [1.29, 1.82) is 0 Å². The van der Waals surface area contributed by atoms with Crippen LogP contribution in [0.1, 0.15) is 0 Å². The number of nitrogens with zero attached hydrogens (tertiary/aromatic N) is 3. The van der Waals surface area contributed by atoms with Crippen LogP contribution in [0.2, 0.25) is 5.02 Å². The van der Waals surface area contributed by atoms with Crippen molar-refractivity contribution in [2.75, 3.05) is 0 Å². The maximum atomic E-state index is 12.5. The van der Waals surface area contributed by atoms with Gasteiger partial charge >= 0.3 is 15.8 Å². The summed E-state index contributed by atoms with van der Waals surface area (Å²) in [4.78, 5) is 24.3. The molecule has 0 aliphatic carbocycles. The van der Waals surface area contributed by atoms with Gasteiger partial charge in [0.25, 0.3) is 5.69 Å². The second-order valence-electron chi connectivity index (χ2n) is 5.15. The molecule has 1 aromatic heterocycles. The Labute approximate surface area is 156 Å². The third-order valence-electron chi connectivity index (χ3n) is 3.49. The standard InChI is InChI=1S/C15H8ClN3O7S/c16-9-3-5-10(6-4-9)27(24,25)26-15-13(19(22)23)8-12(18(20)21)11-2-1-7-17-14(11)15/h1-8H. The van der Waals surface area contributed by atoms with Gasteiger partial charge in [0.15, 0.2) is 0 Å². The summed E-state index contributed by atoms with van der Waals surface area (Å²) in [6, 6.07) is 8.22. The van der Waals surface area contributed by atoms with E-state index in [0.29, 0.717) is 6.07 Å². The SMILES string of the molecule is O=[N+]([O-])c1cc([N+](=O)[O-])c2cccnc2c1OS(=O)(=O)c1ccc(Cl)cc1. The Morgan fingerprint density at radius 2 is 1.63 bits per heavy atom. The van der Waals surface area contributed by atoms with Crippen molar-refractivity contribution in [3.05, 3.63) is 73.9 Å². The number of rotatable bonds is 5. The summed E-state index contributed by atoms with van der Waals surface area (Å²) in [6.07, 6.45) is 1.21. The van der Waals surface area contributed by atoms with Crippen LogP contribution in [-0.2, 0) is 10.1 Å². The zero-order chi connectivity index (χ0) is 19.8. The number of non-ortho nitro benzene ring substituents is 1. The van der Waals surface area contributed by atoms with Gasteiger partial charge < -0.3 is 4.18 Å².